The first-order chi connectivity index (χ1) is 13.5. The third kappa shape index (κ3) is 3.36. The molecule has 1 amide bonds. The van der Waals surface area contributed by atoms with Crippen molar-refractivity contribution in [2.75, 3.05) is 11.4 Å². The quantitative estimate of drug-likeness (QED) is 0.567. The van der Waals surface area contributed by atoms with Gasteiger partial charge in [-0.3, -0.25) is 4.90 Å². The summed E-state index contributed by atoms with van der Waals surface area (Å²) in [6.45, 7) is 2.36. The van der Waals surface area contributed by atoms with E-state index >= 15 is 0 Å². The molecule has 4 rings (SSSR count). The average Bonchev–Trinajstić information content (AvgIpc) is 2.71. The Kier molecular flexibility index (Phi) is 4.59. The molecular weight excluding hydrogens is 360 g/mol. The number of benzene rings is 3. The van der Waals surface area contributed by atoms with E-state index in [4.69, 9.17) is 4.74 Å². The zero-order valence-electron chi connectivity index (χ0n) is 15.4. The van der Waals surface area contributed by atoms with Gasteiger partial charge in [-0.2, -0.15) is 0 Å². The zero-order chi connectivity index (χ0) is 19.7. The third-order valence-corrected chi connectivity index (χ3v) is 5.13. The maximum Gasteiger partial charge on any atom is 0.415 e. The highest BCUT2D eigenvalue weighted by Gasteiger charge is 2.38. The molecule has 1 heterocycles. The fourth-order valence-corrected chi connectivity index (χ4v) is 3.50. The number of halogens is 2. The van der Waals surface area contributed by atoms with Crippen LogP contribution in [0.4, 0.5) is 19.3 Å². The lowest BCUT2D eigenvalue weighted by atomic mass is 9.91. The summed E-state index contributed by atoms with van der Waals surface area (Å²) in [5, 5.41) is 0. The summed E-state index contributed by atoms with van der Waals surface area (Å²) in [7, 11) is 0. The number of anilines is 1. The van der Waals surface area contributed by atoms with Gasteiger partial charge >= 0.3 is 6.09 Å². The minimum atomic E-state index is -0.693. The average molecular weight is 379 g/mol. The van der Waals surface area contributed by atoms with E-state index in [0.29, 0.717) is 24.2 Å². The van der Waals surface area contributed by atoms with Crippen LogP contribution in [0.25, 0.3) is 11.1 Å². The standard InChI is InChI=1S/C23H19F2NO2/c1-23(17-7-3-2-4-8-17)12-13-26(22(27)28-23)19-9-5-6-16(14-19)20-15-18(24)10-11-21(20)25/h2-11,14-15H,12-13H2,1H3. The molecule has 0 N–H and O–H groups in total. The first-order valence-electron chi connectivity index (χ1n) is 9.08. The van der Waals surface area contributed by atoms with E-state index in [1.807, 2.05) is 37.3 Å². The van der Waals surface area contributed by atoms with Gasteiger partial charge in [-0.1, -0.05) is 42.5 Å². The second-order valence-corrected chi connectivity index (χ2v) is 7.04. The maximum absolute atomic E-state index is 14.1. The van der Waals surface area contributed by atoms with E-state index in [0.717, 1.165) is 23.8 Å². The van der Waals surface area contributed by atoms with E-state index in [1.165, 1.54) is 4.90 Å². The molecule has 3 nitrogen and oxygen atoms in total. The Morgan fingerprint density at radius 2 is 1.75 bits per heavy atom. The number of hydrogen-bond donors (Lipinski definition) is 0. The summed E-state index contributed by atoms with van der Waals surface area (Å²) < 4.78 is 33.4. The summed E-state index contributed by atoms with van der Waals surface area (Å²) in [4.78, 5) is 14.2. The minimum Gasteiger partial charge on any atom is -0.438 e. The van der Waals surface area contributed by atoms with Gasteiger partial charge in [-0.25, -0.2) is 13.6 Å². The monoisotopic (exact) mass is 379 g/mol. The number of carbonyl (C=O) groups excluding carboxylic acids is 1. The van der Waals surface area contributed by atoms with E-state index in [1.54, 1.807) is 24.3 Å². The predicted octanol–water partition coefficient (Wildman–Crippen LogP) is 5.89. The van der Waals surface area contributed by atoms with Crippen LogP contribution in [0, 0.1) is 11.6 Å². The van der Waals surface area contributed by atoms with Gasteiger partial charge in [0.2, 0.25) is 0 Å². The molecule has 0 bridgehead atoms. The number of nitrogens with zero attached hydrogens (tertiary/aromatic N) is 1. The number of carbonyl (C=O) groups is 1. The Bertz CT molecular complexity index is 1020. The van der Waals surface area contributed by atoms with Crippen LogP contribution in [0.1, 0.15) is 18.9 Å². The van der Waals surface area contributed by atoms with Crippen LogP contribution in [0.3, 0.4) is 0 Å². The molecule has 0 saturated carbocycles. The molecule has 142 valence electrons. The van der Waals surface area contributed by atoms with Crippen LogP contribution in [-0.2, 0) is 10.3 Å². The molecule has 5 heteroatoms. The number of ether oxygens (including phenoxy) is 1. The highest BCUT2D eigenvalue weighted by atomic mass is 19.1. The summed E-state index contributed by atoms with van der Waals surface area (Å²) in [5.41, 5.74) is 1.49. The molecule has 0 aromatic heterocycles. The van der Waals surface area contributed by atoms with Crippen molar-refractivity contribution in [1.82, 2.24) is 0 Å². The van der Waals surface area contributed by atoms with Crippen LogP contribution in [-0.4, -0.2) is 12.6 Å². The molecule has 1 aliphatic heterocycles. The lowest BCUT2D eigenvalue weighted by molar-refractivity contribution is 0.00583. The van der Waals surface area contributed by atoms with Gasteiger partial charge in [0.1, 0.15) is 17.2 Å². The highest BCUT2D eigenvalue weighted by molar-refractivity contribution is 5.89. The Labute approximate surface area is 162 Å². The molecule has 0 spiro atoms. The molecular formula is C23H19F2NO2. The first-order valence-corrected chi connectivity index (χ1v) is 9.08. The lowest BCUT2D eigenvalue weighted by Crippen LogP contribution is -2.46. The minimum absolute atomic E-state index is 0.154. The van der Waals surface area contributed by atoms with E-state index in [2.05, 4.69) is 0 Å². The Morgan fingerprint density at radius 1 is 0.964 bits per heavy atom. The van der Waals surface area contributed by atoms with Gasteiger partial charge in [0, 0.05) is 24.2 Å². The maximum atomic E-state index is 14.1. The second kappa shape index (κ2) is 7.08. The predicted molar refractivity (Wildman–Crippen MR) is 104 cm³/mol. The molecule has 0 radical (unpaired) electrons. The molecule has 1 aliphatic rings. The normalized spacial score (nSPS) is 19.4. The fourth-order valence-electron chi connectivity index (χ4n) is 3.50. The van der Waals surface area contributed by atoms with Crippen molar-refractivity contribution < 1.29 is 18.3 Å². The van der Waals surface area contributed by atoms with Crippen LogP contribution >= 0.6 is 0 Å². The van der Waals surface area contributed by atoms with Crippen molar-refractivity contribution in [3.05, 3.63) is 90.0 Å². The zero-order valence-corrected chi connectivity index (χ0v) is 15.4. The number of amides is 1. The fraction of sp³-hybridized carbons (Fsp3) is 0.174. The van der Waals surface area contributed by atoms with Crippen LogP contribution in [0.2, 0.25) is 0 Å². The van der Waals surface area contributed by atoms with Crippen LogP contribution < -0.4 is 4.90 Å². The Hall–Kier alpha value is -3.21. The van der Waals surface area contributed by atoms with Crippen molar-refractivity contribution >= 4 is 11.8 Å². The van der Waals surface area contributed by atoms with E-state index in [9.17, 15) is 13.6 Å². The highest BCUT2D eigenvalue weighted by Crippen LogP contribution is 2.36. The Morgan fingerprint density at radius 3 is 2.50 bits per heavy atom. The number of hydrogen-bond acceptors (Lipinski definition) is 2. The smallest absolute Gasteiger partial charge is 0.415 e. The molecule has 28 heavy (non-hydrogen) atoms. The van der Waals surface area contributed by atoms with E-state index < -0.39 is 23.3 Å². The van der Waals surface area contributed by atoms with Crippen molar-refractivity contribution in [2.45, 2.75) is 18.9 Å². The van der Waals surface area contributed by atoms with Gasteiger partial charge in [0.15, 0.2) is 0 Å². The molecule has 1 unspecified atom stereocenters. The second-order valence-electron chi connectivity index (χ2n) is 7.04. The van der Waals surface area contributed by atoms with Gasteiger partial charge < -0.3 is 4.74 Å². The summed E-state index contributed by atoms with van der Waals surface area (Å²) in [5.74, 6) is -1.03. The van der Waals surface area contributed by atoms with Crippen LogP contribution in [0.15, 0.2) is 72.8 Å². The van der Waals surface area contributed by atoms with Crippen LogP contribution in [0.5, 0.6) is 0 Å². The van der Waals surface area contributed by atoms with Crippen molar-refractivity contribution in [3.63, 3.8) is 0 Å². The molecule has 1 atom stereocenters. The lowest BCUT2D eigenvalue weighted by Gasteiger charge is -2.39. The first kappa shape index (κ1) is 18.2. The molecule has 0 aliphatic carbocycles. The summed E-state index contributed by atoms with van der Waals surface area (Å²) >= 11 is 0. The van der Waals surface area contributed by atoms with E-state index in [-0.39, 0.29) is 5.56 Å². The summed E-state index contributed by atoms with van der Waals surface area (Å²) in [6.07, 6.45) is 0.149. The van der Waals surface area contributed by atoms with Gasteiger partial charge in [0.05, 0.1) is 0 Å². The third-order valence-electron chi connectivity index (χ3n) is 5.13. The SMILES string of the molecule is CC1(c2ccccc2)CCN(c2cccc(-c3cc(F)ccc3F)c2)C(=O)O1. The van der Waals surface area contributed by atoms with Crippen molar-refractivity contribution in [3.8, 4) is 11.1 Å². The number of rotatable bonds is 3. The van der Waals surface area contributed by atoms with Gasteiger partial charge in [-0.15, -0.1) is 0 Å². The largest absolute Gasteiger partial charge is 0.438 e. The number of cyclic esters (lactones) is 1. The Balaban J connectivity index is 1.61. The van der Waals surface area contributed by atoms with Crippen molar-refractivity contribution in [1.29, 1.82) is 0 Å². The van der Waals surface area contributed by atoms with Gasteiger partial charge in [0.25, 0.3) is 0 Å². The summed E-state index contributed by atoms with van der Waals surface area (Å²) in [6, 6.07) is 19.8. The molecule has 1 saturated heterocycles. The van der Waals surface area contributed by atoms with Crippen molar-refractivity contribution in [2.24, 2.45) is 0 Å². The van der Waals surface area contributed by atoms with Gasteiger partial charge in [-0.05, 0) is 48.4 Å². The molecule has 1 fully saturated rings. The molecule has 3 aromatic rings. The topological polar surface area (TPSA) is 29.5 Å². The molecule has 3 aromatic carbocycles.